The van der Waals surface area contributed by atoms with Crippen LogP contribution in [0.3, 0.4) is 0 Å². The van der Waals surface area contributed by atoms with E-state index in [1.165, 1.54) is 19.3 Å². The second kappa shape index (κ2) is 4.89. The van der Waals surface area contributed by atoms with Crippen molar-refractivity contribution in [3.63, 3.8) is 0 Å². The van der Waals surface area contributed by atoms with Crippen LogP contribution >= 0.6 is 0 Å². The molecule has 0 aliphatic rings. The summed E-state index contributed by atoms with van der Waals surface area (Å²) in [5.41, 5.74) is 8.04. The molecule has 1 aromatic heterocycles. The predicted molar refractivity (Wildman–Crippen MR) is 63.4 cm³/mol. The zero-order chi connectivity index (χ0) is 13.0. The van der Waals surface area contributed by atoms with Gasteiger partial charge in [0.25, 0.3) is 0 Å². The van der Waals surface area contributed by atoms with Crippen molar-refractivity contribution in [2.75, 3.05) is 0 Å². The topological polar surface area (TPSA) is 74.8 Å². The molecule has 0 saturated carbocycles. The number of rotatable bonds is 4. The van der Waals surface area contributed by atoms with E-state index in [0.29, 0.717) is 5.56 Å². The average Bonchev–Trinajstić information content (AvgIpc) is 2.91. The Morgan fingerprint density at radius 1 is 1.39 bits per heavy atom. The minimum Gasteiger partial charge on any atom is -0.364 e. The maximum atomic E-state index is 14.6. The van der Waals surface area contributed by atoms with Gasteiger partial charge in [-0.25, -0.2) is 4.39 Å². The molecular weight excluding hydrogens is 235 g/mol. The molecule has 0 radical (unpaired) electrons. The second-order valence-electron chi connectivity index (χ2n) is 3.97. The van der Waals surface area contributed by atoms with Crippen molar-refractivity contribution in [2.24, 2.45) is 5.11 Å². The zero-order valence-corrected chi connectivity index (χ0v) is 9.75. The number of aromatic nitrogens is 1. The number of hydrogen-bond donors (Lipinski definition) is 0. The molecule has 0 saturated heterocycles. The van der Waals surface area contributed by atoms with Gasteiger partial charge in [-0.3, -0.25) is 0 Å². The first kappa shape index (κ1) is 12.1. The molecular formula is C12H11FN4O. The lowest BCUT2D eigenvalue weighted by atomic mass is 9.94. The van der Waals surface area contributed by atoms with E-state index in [-0.39, 0.29) is 12.2 Å². The van der Waals surface area contributed by atoms with Gasteiger partial charge < -0.3 is 4.52 Å². The van der Waals surface area contributed by atoms with Gasteiger partial charge in [0.2, 0.25) is 0 Å². The molecule has 0 aliphatic carbocycles. The molecule has 0 amide bonds. The van der Waals surface area contributed by atoms with E-state index in [4.69, 9.17) is 5.53 Å². The largest absolute Gasteiger partial charge is 0.364 e. The Kier molecular flexibility index (Phi) is 3.30. The molecule has 1 heterocycles. The van der Waals surface area contributed by atoms with E-state index in [1.54, 1.807) is 24.3 Å². The Hall–Kier alpha value is -2.33. The molecule has 5 nitrogen and oxygen atoms in total. The molecule has 1 aromatic carbocycles. The summed E-state index contributed by atoms with van der Waals surface area (Å²) in [4.78, 5) is 2.67. The summed E-state index contributed by atoms with van der Waals surface area (Å²) in [6.07, 6.45) is 1.34. The fraction of sp³-hybridized carbons (Fsp3) is 0.250. The molecule has 2 aromatic rings. The third-order valence-electron chi connectivity index (χ3n) is 2.73. The number of benzene rings is 1. The molecule has 1 unspecified atom stereocenters. The lowest BCUT2D eigenvalue weighted by molar-refractivity contribution is 0.232. The van der Waals surface area contributed by atoms with Crippen LogP contribution in [0.4, 0.5) is 4.39 Å². The quantitative estimate of drug-likeness (QED) is 0.468. The van der Waals surface area contributed by atoms with Crippen molar-refractivity contribution < 1.29 is 8.91 Å². The normalized spacial score (nSPS) is 13.7. The third-order valence-corrected chi connectivity index (χ3v) is 2.73. The predicted octanol–water partition coefficient (Wildman–Crippen LogP) is 3.72. The number of halogens is 1. The average molecular weight is 246 g/mol. The molecule has 0 bridgehead atoms. The Morgan fingerprint density at radius 3 is 2.67 bits per heavy atom. The Labute approximate surface area is 103 Å². The molecule has 92 valence electrons. The molecule has 0 spiro atoms. The van der Waals surface area contributed by atoms with Crippen LogP contribution < -0.4 is 0 Å². The van der Waals surface area contributed by atoms with E-state index < -0.39 is 5.67 Å². The van der Waals surface area contributed by atoms with Crippen LogP contribution in [-0.4, -0.2) is 5.16 Å². The van der Waals surface area contributed by atoms with Crippen molar-refractivity contribution in [3.8, 4) is 0 Å². The van der Waals surface area contributed by atoms with E-state index >= 15 is 0 Å². The summed E-state index contributed by atoms with van der Waals surface area (Å²) < 4.78 is 19.2. The highest BCUT2D eigenvalue weighted by Gasteiger charge is 2.31. The minimum absolute atomic E-state index is 0.227. The van der Waals surface area contributed by atoms with Crippen LogP contribution in [0.2, 0.25) is 0 Å². The third kappa shape index (κ3) is 2.33. The smallest absolute Gasteiger partial charge is 0.178 e. The van der Waals surface area contributed by atoms with Gasteiger partial charge in [0.15, 0.2) is 5.67 Å². The van der Waals surface area contributed by atoms with Crippen molar-refractivity contribution >= 4 is 0 Å². The van der Waals surface area contributed by atoms with Crippen LogP contribution in [-0.2, 0) is 12.2 Å². The first-order valence-corrected chi connectivity index (χ1v) is 5.34. The number of azide groups is 1. The van der Waals surface area contributed by atoms with E-state index in [2.05, 4.69) is 19.7 Å². The van der Waals surface area contributed by atoms with Crippen molar-refractivity contribution in [1.29, 1.82) is 0 Å². The van der Waals surface area contributed by atoms with Crippen LogP contribution in [0.1, 0.15) is 23.7 Å². The number of hydrogen-bond acceptors (Lipinski definition) is 3. The van der Waals surface area contributed by atoms with Gasteiger partial charge in [-0.05, 0) is 23.6 Å². The van der Waals surface area contributed by atoms with Crippen molar-refractivity contribution in [3.05, 3.63) is 63.9 Å². The summed E-state index contributed by atoms with van der Waals surface area (Å²) in [7, 11) is 0. The maximum Gasteiger partial charge on any atom is 0.178 e. The van der Waals surface area contributed by atoms with Crippen LogP contribution in [0, 0.1) is 0 Å². The van der Waals surface area contributed by atoms with Gasteiger partial charge in [0.05, 0.1) is 6.54 Å². The van der Waals surface area contributed by atoms with Crippen molar-refractivity contribution in [2.45, 2.75) is 19.1 Å². The van der Waals surface area contributed by atoms with Gasteiger partial charge in [-0.2, -0.15) is 0 Å². The van der Waals surface area contributed by atoms with Crippen LogP contribution in [0.15, 0.2) is 46.2 Å². The summed E-state index contributed by atoms with van der Waals surface area (Å²) in [6.45, 7) is 1.68. The van der Waals surface area contributed by atoms with Gasteiger partial charge in [0.1, 0.15) is 12.0 Å². The molecule has 0 fully saturated rings. The maximum absolute atomic E-state index is 14.6. The number of alkyl halides is 1. The van der Waals surface area contributed by atoms with Crippen LogP contribution in [0.25, 0.3) is 10.4 Å². The highest BCUT2D eigenvalue weighted by atomic mass is 19.1. The summed E-state index contributed by atoms with van der Waals surface area (Å²) in [5, 5.41) is 7.06. The fourth-order valence-electron chi connectivity index (χ4n) is 1.64. The van der Waals surface area contributed by atoms with Gasteiger partial charge in [-0.1, -0.05) is 34.5 Å². The molecule has 1 atom stereocenters. The molecule has 0 aliphatic heterocycles. The Morgan fingerprint density at radius 2 is 2.11 bits per heavy atom. The van der Waals surface area contributed by atoms with Gasteiger partial charge >= 0.3 is 0 Å². The summed E-state index contributed by atoms with van der Waals surface area (Å²) >= 11 is 0. The Bertz CT molecular complexity index is 556. The zero-order valence-electron chi connectivity index (χ0n) is 9.75. The van der Waals surface area contributed by atoms with Gasteiger partial charge in [0, 0.05) is 11.0 Å². The van der Waals surface area contributed by atoms with E-state index in [0.717, 1.165) is 5.56 Å². The van der Waals surface area contributed by atoms with Crippen molar-refractivity contribution in [1.82, 2.24) is 5.16 Å². The monoisotopic (exact) mass is 246 g/mol. The standard InChI is InChI=1S/C12H11FN4O/c1-12(13,11-6-7-18-16-11)10-4-2-9(3-5-10)8-15-17-14/h2-7H,8H2,1H3. The first-order valence-electron chi connectivity index (χ1n) is 5.34. The van der Waals surface area contributed by atoms with Crippen LogP contribution in [0.5, 0.6) is 0 Å². The first-order chi connectivity index (χ1) is 8.64. The molecule has 6 heteroatoms. The molecule has 18 heavy (non-hydrogen) atoms. The molecule has 0 N–H and O–H groups in total. The molecule has 2 rings (SSSR count). The highest BCUT2D eigenvalue weighted by molar-refractivity contribution is 5.32. The lowest BCUT2D eigenvalue weighted by Gasteiger charge is -2.17. The SMILES string of the molecule is CC(F)(c1ccc(CN=[N+]=[N-])cc1)c1ccon1. The lowest BCUT2D eigenvalue weighted by Crippen LogP contribution is -2.17. The Balaban J connectivity index is 2.26. The van der Waals surface area contributed by atoms with E-state index in [9.17, 15) is 4.39 Å². The van der Waals surface area contributed by atoms with E-state index in [1.807, 2.05) is 0 Å². The van der Waals surface area contributed by atoms with Gasteiger partial charge in [-0.15, -0.1) is 0 Å². The number of nitrogens with zero attached hydrogens (tertiary/aromatic N) is 4. The highest BCUT2D eigenvalue weighted by Crippen LogP contribution is 2.32. The minimum atomic E-state index is -1.70. The summed E-state index contributed by atoms with van der Waals surface area (Å²) in [6, 6.07) is 8.24. The fourth-order valence-corrected chi connectivity index (χ4v) is 1.64. The summed E-state index contributed by atoms with van der Waals surface area (Å²) in [5.74, 6) is 0. The second-order valence-corrected chi connectivity index (χ2v) is 3.97.